The van der Waals surface area contributed by atoms with Crippen LogP contribution in [-0.4, -0.2) is 49.8 Å². The number of hydrogen-bond acceptors (Lipinski definition) is 6. The lowest BCUT2D eigenvalue weighted by atomic mass is 10.3. The molecule has 2 N–H and O–H groups in total. The van der Waals surface area contributed by atoms with Gasteiger partial charge in [0, 0.05) is 32.7 Å². The van der Waals surface area contributed by atoms with Crippen LogP contribution in [0.4, 0.5) is 11.6 Å². The summed E-state index contributed by atoms with van der Waals surface area (Å²) < 4.78 is 5.48. The first-order valence-electron chi connectivity index (χ1n) is 6.45. The van der Waals surface area contributed by atoms with Crippen LogP contribution in [0.2, 0.25) is 0 Å². The average molecular weight is 251 g/mol. The van der Waals surface area contributed by atoms with Crippen molar-refractivity contribution in [1.82, 2.24) is 15.3 Å². The van der Waals surface area contributed by atoms with Crippen LogP contribution in [0.1, 0.15) is 13.3 Å². The van der Waals surface area contributed by atoms with E-state index in [4.69, 9.17) is 4.74 Å². The van der Waals surface area contributed by atoms with E-state index < -0.39 is 0 Å². The van der Waals surface area contributed by atoms with Crippen molar-refractivity contribution in [2.24, 2.45) is 0 Å². The van der Waals surface area contributed by atoms with Gasteiger partial charge in [-0.05, 0) is 6.42 Å². The second-order valence-corrected chi connectivity index (χ2v) is 4.24. The van der Waals surface area contributed by atoms with Gasteiger partial charge in [0.1, 0.15) is 6.33 Å². The van der Waals surface area contributed by atoms with Gasteiger partial charge in [0.25, 0.3) is 0 Å². The molecule has 1 saturated heterocycles. The van der Waals surface area contributed by atoms with Gasteiger partial charge in [-0.25, -0.2) is 9.97 Å². The van der Waals surface area contributed by atoms with E-state index in [2.05, 4.69) is 32.4 Å². The van der Waals surface area contributed by atoms with Gasteiger partial charge < -0.3 is 20.3 Å². The molecule has 1 aromatic heterocycles. The fourth-order valence-corrected chi connectivity index (χ4v) is 2.02. The van der Waals surface area contributed by atoms with E-state index in [1.807, 2.05) is 0 Å². The molecule has 0 bridgehead atoms. The van der Waals surface area contributed by atoms with Crippen molar-refractivity contribution in [1.29, 1.82) is 0 Å². The summed E-state index contributed by atoms with van der Waals surface area (Å²) in [5.74, 6) is 2.41. The summed E-state index contributed by atoms with van der Waals surface area (Å²) in [6.45, 7) is 6.85. The molecule has 1 aliphatic heterocycles. The number of ether oxygens (including phenoxy) is 1. The number of anilines is 2. The molecule has 0 aliphatic carbocycles. The van der Waals surface area contributed by atoms with Crippen LogP contribution in [0.3, 0.4) is 0 Å². The Kier molecular flexibility index (Phi) is 4.58. The minimum atomic E-state index is 0.743. The van der Waals surface area contributed by atoms with Crippen molar-refractivity contribution in [2.45, 2.75) is 13.3 Å². The average Bonchev–Trinajstić information content (AvgIpc) is 2.45. The molecule has 1 aromatic rings. The quantitative estimate of drug-likeness (QED) is 0.804. The first kappa shape index (κ1) is 12.9. The highest BCUT2D eigenvalue weighted by Crippen LogP contribution is 2.31. The Labute approximate surface area is 108 Å². The summed E-state index contributed by atoms with van der Waals surface area (Å²) in [6.07, 6.45) is 2.65. The van der Waals surface area contributed by atoms with Gasteiger partial charge in [0.2, 0.25) is 5.75 Å². The standard InChI is InChI=1S/C12H21N5O/c1-3-4-14-11-10(18-2)12(16-9-15-11)17-7-5-13-6-8-17/h9,13H,3-8H2,1-2H3,(H,14,15,16). The smallest absolute Gasteiger partial charge is 0.204 e. The second-order valence-electron chi connectivity index (χ2n) is 4.24. The molecule has 0 aromatic carbocycles. The normalized spacial score (nSPS) is 15.6. The number of piperazine rings is 1. The Hall–Kier alpha value is -1.56. The van der Waals surface area contributed by atoms with Crippen LogP contribution < -0.4 is 20.3 Å². The van der Waals surface area contributed by atoms with Gasteiger partial charge in [-0.1, -0.05) is 6.92 Å². The van der Waals surface area contributed by atoms with E-state index in [1.54, 1.807) is 13.4 Å². The molecule has 6 heteroatoms. The van der Waals surface area contributed by atoms with E-state index >= 15 is 0 Å². The molecule has 0 amide bonds. The maximum atomic E-state index is 5.48. The van der Waals surface area contributed by atoms with Crippen molar-refractivity contribution in [3.8, 4) is 5.75 Å². The Morgan fingerprint density at radius 2 is 2.17 bits per heavy atom. The molecular formula is C12H21N5O. The number of aromatic nitrogens is 2. The zero-order valence-electron chi connectivity index (χ0n) is 11.1. The predicted molar refractivity (Wildman–Crippen MR) is 72.4 cm³/mol. The molecule has 1 aliphatic rings. The van der Waals surface area contributed by atoms with Crippen molar-refractivity contribution < 1.29 is 4.74 Å². The second kappa shape index (κ2) is 6.39. The fourth-order valence-electron chi connectivity index (χ4n) is 2.02. The van der Waals surface area contributed by atoms with E-state index in [-0.39, 0.29) is 0 Å². The number of hydrogen-bond donors (Lipinski definition) is 2. The monoisotopic (exact) mass is 251 g/mol. The van der Waals surface area contributed by atoms with Crippen LogP contribution in [0.15, 0.2) is 6.33 Å². The maximum Gasteiger partial charge on any atom is 0.204 e. The van der Waals surface area contributed by atoms with E-state index in [9.17, 15) is 0 Å². The zero-order valence-corrected chi connectivity index (χ0v) is 11.1. The van der Waals surface area contributed by atoms with Gasteiger partial charge in [0.05, 0.1) is 7.11 Å². The number of nitrogens with one attached hydrogen (secondary N) is 2. The summed E-state index contributed by atoms with van der Waals surface area (Å²) >= 11 is 0. The van der Waals surface area contributed by atoms with Gasteiger partial charge >= 0.3 is 0 Å². The summed E-state index contributed by atoms with van der Waals surface area (Å²) in [5, 5.41) is 6.60. The third-order valence-corrected chi connectivity index (χ3v) is 2.95. The third kappa shape index (κ3) is 2.81. The highest BCUT2D eigenvalue weighted by molar-refractivity contribution is 5.64. The summed E-state index contributed by atoms with van der Waals surface area (Å²) in [6, 6.07) is 0. The number of nitrogens with zero attached hydrogens (tertiary/aromatic N) is 3. The number of rotatable bonds is 5. The van der Waals surface area contributed by atoms with Crippen LogP contribution in [-0.2, 0) is 0 Å². The van der Waals surface area contributed by atoms with Gasteiger partial charge in [-0.15, -0.1) is 0 Å². The molecule has 6 nitrogen and oxygen atoms in total. The Bertz CT molecular complexity index is 379. The van der Waals surface area contributed by atoms with Gasteiger partial charge in [-0.3, -0.25) is 0 Å². The molecule has 100 valence electrons. The molecule has 2 heterocycles. The minimum absolute atomic E-state index is 0.743. The van der Waals surface area contributed by atoms with Crippen molar-refractivity contribution in [3.63, 3.8) is 0 Å². The summed E-state index contributed by atoms with van der Waals surface area (Å²) in [7, 11) is 1.67. The van der Waals surface area contributed by atoms with E-state index in [0.29, 0.717) is 0 Å². The van der Waals surface area contributed by atoms with Crippen LogP contribution >= 0.6 is 0 Å². The highest BCUT2D eigenvalue weighted by atomic mass is 16.5. The molecule has 0 atom stereocenters. The molecule has 0 unspecified atom stereocenters. The lowest BCUT2D eigenvalue weighted by molar-refractivity contribution is 0.410. The van der Waals surface area contributed by atoms with E-state index in [0.717, 1.165) is 56.5 Å². The maximum absolute atomic E-state index is 5.48. The molecule has 0 spiro atoms. The highest BCUT2D eigenvalue weighted by Gasteiger charge is 2.19. The van der Waals surface area contributed by atoms with Crippen LogP contribution in [0.5, 0.6) is 5.75 Å². The zero-order chi connectivity index (χ0) is 12.8. The van der Waals surface area contributed by atoms with Crippen LogP contribution in [0.25, 0.3) is 0 Å². The first-order valence-corrected chi connectivity index (χ1v) is 6.45. The first-order chi connectivity index (χ1) is 8.86. The summed E-state index contributed by atoms with van der Waals surface area (Å²) in [4.78, 5) is 10.8. The Morgan fingerprint density at radius 3 is 2.83 bits per heavy atom. The SMILES string of the molecule is CCCNc1ncnc(N2CCNCC2)c1OC. The molecule has 1 fully saturated rings. The summed E-state index contributed by atoms with van der Waals surface area (Å²) in [5.41, 5.74) is 0. The molecule has 18 heavy (non-hydrogen) atoms. The van der Waals surface area contributed by atoms with Crippen molar-refractivity contribution in [2.75, 3.05) is 50.1 Å². The van der Waals surface area contributed by atoms with E-state index in [1.165, 1.54) is 0 Å². The van der Waals surface area contributed by atoms with Crippen molar-refractivity contribution in [3.05, 3.63) is 6.33 Å². The topological polar surface area (TPSA) is 62.3 Å². The largest absolute Gasteiger partial charge is 0.490 e. The third-order valence-electron chi connectivity index (χ3n) is 2.95. The molecular weight excluding hydrogens is 230 g/mol. The predicted octanol–water partition coefficient (Wildman–Crippen LogP) is 0.717. The lowest BCUT2D eigenvalue weighted by Gasteiger charge is -2.29. The number of methoxy groups -OCH3 is 1. The Morgan fingerprint density at radius 1 is 1.39 bits per heavy atom. The van der Waals surface area contributed by atoms with Crippen molar-refractivity contribution >= 4 is 11.6 Å². The molecule has 2 rings (SSSR count). The van der Waals surface area contributed by atoms with Gasteiger partial charge in [-0.2, -0.15) is 0 Å². The fraction of sp³-hybridized carbons (Fsp3) is 0.667. The minimum Gasteiger partial charge on any atom is -0.490 e. The lowest BCUT2D eigenvalue weighted by Crippen LogP contribution is -2.44. The van der Waals surface area contributed by atoms with Gasteiger partial charge in [0.15, 0.2) is 11.6 Å². The van der Waals surface area contributed by atoms with Crippen LogP contribution in [0, 0.1) is 0 Å². The molecule has 0 saturated carbocycles. The molecule has 0 radical (unpaired) electrons. The Balaban J connectivity index is 2.22.